The molecule has 0 radical (unpaired) electrons. The van der Waals surface area contributed by atoms with Gasteiger partial charge in [0.2, 0.25) is 5.96 Å². The van der Waals surface area contributed by atoms with Gasteiger partial charge in [-0.1, -0.05) is 52.3 Å². The molecular weight excluding hydrogens is 470 g/mol. The highest BCUT2D eigenvalue weighted by atomic mass is 79.9. The number of hydrogen-bond acceptors (Lipinski definition) is 6. The molecule has 0 fully saturated rings. The van der Waals surface area contributed by atoms with E-state index in [0.29, 0.717) is 24.4 Å². The van der Waals surface area contributed by atoms with Gasteiger partial charge in [0.15, 0.2) is 0 Å². The van der Waals surface area contributed by atoms with Gasteiger partial charge >= 0.3 is 5.97 Å². The second kappa shape index (κ2) is 7.87. The zero-order valence-electron chi connectivity index (χ0n) is 17.7. The van der Waals surface area contributed by atoms with E-state index in [4.69, 9.17) is 10.5 Å². The Balaban J connectivity index is 1.96. The van der Waals surface area contributed by atoms with Crippen LogP contribution in [0.2, 0.25) is 0 Å². The number of esters is 1. The summed E-state index contributed by atoms with van der Waals surface area (Å²) in [6.45, 7) is 4.64. The van der Waals surface area contributed by atoms with E-state index < -0.39 is 0 Å². The number of fused-ring (bicyclic) bond motifs is 6. The van der Waals surface area contributed by atoms with Crippen molar-refractivity contribution < 1.29 is 9.53 Å². The molecule has 0 atom stereocenters. The van der Waals surface area contributed by atoms with Crippen molar-refractivity contribution in [1.82, 2.24) is 9.99 Å². The molecule has 5 rings (SSSR count). The molecule has 0 spiro atoms. The van der Waals surface area contributed by atoms with Crippen LogP contribution in [0.5, 0.6) is 0 Å². The molecule has 1 aromatic heterocycles. The van der Waals surface area contributed by atoms with Gasteiger partial charge in [-0.3, -0.25) is 10.9 Å². The van der Waals surface area contributed by atoms with Gasteiger partial charge in [-0.05, 0) is 36.9 Å². The number of carbonyl (C=O) groups is 1. The lowest BCUT2D eigenvalue weighted by Crippen LogP contribution is -2.38. The van der Waals surface area contributed by atoms with Crippen molar-refractivity contribution in [1.29, 1.82) is 0 Å². The van der Waals surface area contributed by atoms with Crippen LogP contribution in [0.3, 0.4) is 0 Å². The highest BCUT2D eigenvalue weighted by molar-refractivity contribution is 9.10. The van der Waals surface area contributed by atoms with Crippen LogP contribution < -0.4 is 16.6 Å². The summed E-state index contributed by atoms with van der Waals surface area (Å²) >= 11 is 3.59. The fourth-order valence-electron chi connectivity index (χ4n) is 4.36. The first-order valence-corrected chi connectivity index (χ1v) is 11.1. The number of aromatic nitrogens is 1. The monoisotopic (exact) mass is 491 g/mol. The fourth-order valence-corrected chi connectivity index (χ4v) is 4.72. The smallest absolute Gasteiger partial charge is 0.340 e. The van der Waals surface area contributed by atoms with E-state index in [-0.39, 0.29) is 11.9 Å². The fraction of sp³-hybridized carbons (Fsp3) is 0.167. The number of hydrogen-bond donors (Lipinski definition) is 3. The summed E-state index contributed by atoms with van der Waals surface area (Å²) < 4.78 is 8.52. The zero-order chi connectivity index (χ0) is 22.4. The van der Waals surface area contributed by atoms with Gasteiger partial charge in [-0.15, -0.1) is 0 Å². The van der Waals surface area contributed by atoms with Crippen molar-refractivity contribution >= 4 is 60.9 Å². The van der Waals surface area contributed by atoms with Crippen LogP contribution in [0.15, 0.2) is 58.0 Å². The van der Waals surface area contributed by atoms with Gasteiger partial charge in [0.05, 0.1) is 23.4 Å². The number of nitrogens with zero attached hydrogens (tertiary/aromatic N) is 2. The zero-order valence-corrected chi connectivity index (χ0v) is 19.3. The van der Waals surface area contributed by atoms with Crippen molar-refractivity contribution in [3.8, 4) is 0 Å². The van der Waals surface area contributed by atoms with E-state index in [1.54, 1.807) is 0 Å². The minimum Gasteiger partial charge on any atom is -0.462 e. The van der Waals surface area contributed by atoms with Crippen molar-refractivity contribution in [3.05, 3.63) is 69.8 Å². The minimum absolute atomic E-state index is 0.262. The third kappa shape index (κ3) is 3.18. The quantitative estimate of drug-likeness (QED) is 0.350. The molecule has 32 heavy (non-hydrogen) atoms. The first-order valence-electron chi connectivity index (χ1n) is 10.3. The van der Waals surface area contributed by atoms with Crippen LogP contribution in [0.1, 0.15) is 28.5 Å². The average Bonchev–Trinajstić information content (AvgIpc) is 3.07. The van der Waals surface area contributed by atoms with Crippen molar-refractivity contribution in [2.24, 2.45) is 10.7 Å². The molecule has 1 aliphatic heterocycles. The molecule has 0 unspecified atom stereocenters. The maximum atomic E-state index is 13.2. The number of benzene rings is 3. The predicted molar refractivity (Wildman–Crippen MR) is 131 cm³/mol. The highest BCUT2D eigenvalue weighted by Gasteiger charge is 2.29. The summed E-state index contributed by atoms with van der Waals surface area (Å²) in [5.41, 5.74) is 17.0. The van der Waals surface area contributed by atoms with Gasteiger partial charge in [-0.2, -0.15) is 0 Å². The lowest BCUT2D eigenvalue weighted by molar-refractivity contribution is 0.0527. The van der Waals surface area contributed by atoms with E-state index in [1.807, 2.05) is 50.2 Å². The standard InChI is InChI=1S/C24H22BrN5O2/c1-3-32-23(31)18-13(2)30(12-14-7-5-4-6-8-14)22-19(18)17-11-15(25)9-10-16(17)20-21(22)27-24(26)29-28-20/h4-11,28H,3,12H2,1-2H3,(H3,26,27,29). The number of anilines is 1. The van der Waals surface area contributed by atoms with Gasteiger partial charge in [0, 0.05) is 27.5 Å². The second-order valence-electron chi connectivity index (χ2n) is 7.64. The summed E-state index contributed by atoms with van der Waals surface area (Å²) in [7, 11) is 0. The number of rotatable bonds is 4. The molecule has 4 aromatic rings. The Morgan fingerprint density at radius 3 is 2.69 bits per heavy atom. The van der Waals surface area contributed by atoms with Crippen LogP contribution in [0.4, 0.5) is 11.4 Å². The van der Waals surface area contributed by atoms with E-state index in [2.05, 4.69) is 48.5 Å². The summed E-state index contributed by atoms with van der Waals surface area (Å²) in [6.07, 6.45) is 0. The lowest BCUT2D eigenvalue weighted by Gasteiger charge is -2.21. The summed E-state index contributed by atoms with van der Waals surface area (Å²) in [5, 5.41) is 2.67. The summed E-state index contributed by atoms with van der Waals surface area (Å²) in [6, 6.07) is 16.1. The van der Waals surface area contributed by atoms with Crippen molar-refractivity contribution in [2.75, 3.05) is 12.0 Å². The van der Waals surface area contributed by atoms with Gasteiger partial charge in [-0.25, -0.2) is 9.79 Å². The first kappa shape index (κ1) is 20.4. The molecule has 0 amide bonds. The maximum absolute atomic E-state index is 13.2. The van der Waals surface area contributed by atoms with E-state index >= 15 is 0 Å². The third-order valence-electron chi connectivity index (χ3n) is 5.72. The normalized spacial score (nSPS) is 12.8. The molecule has 0 bridgehead atoms. The largest absolute Gasteiger partial charge is 0.462 e. The van der Waals surface area contributed by atoms with Gasteiger partial charge in [0.25, 0.3) is 0 Å². The Hall–Kier alpha value is -3.52. The van der Waals surface area contributed by atoms with E-state index in [1.165, 1.54) is 0 Å². The maximum Gasteiger partial charge on any atom is 0.340 e. The Kier molecular flexibility index (Phi) is 5.01. The number of ether oxygens (including phenoxy) is 1. The molecular formula is C24H22BrN5O2. The first-order chi connectivity index (χ1) is 15.5. The number of aliphatic imine (C=N–C) groups is 1. The van der Waals surface area contributed by atoms with Crippen LogP contribution >= 0.6 is 15.9 Å². The lowest BCUT2D eigenvalue weighted by atomic mass is 9.99. The summed E-state index contributed by atoms with van der Waals surface area (Å²) in [5.74, 6) is -0.0834. The van der Waals surface area contributed by atoms with Crippen molar-refractivity contribution in [3.63, 3.8) is 0 Å². The van der Waals surface area contributed by atoms with Gasteiger partial charge < -0.3 is 15.0 Å². The summed E-state index contributed by atoms with van der Waals surface area (Å²) in [4.78, 5) is 17.8. The molecule has 2 heterocycles. The second-order valence-corrected chi connectivity index (χ2v) is 8.55. The minimum atomic E-state index is -0.345. The number of halogens is 1. The topological polar surface area (TPSA) is 93.7 Å². The molecule has 0 saturated heterocycles. The SMILES string of the molecule is CCOC(=O)c1c(C)n(Cc2ccccc2)c2c3c(c4ccc(Br)cc4c12)NNC(N)=N3. The van der Waals surface area contributed by atoms with Crippen LogP contribution in [0.25, 0.3) is 21.7 Å². The van der Waals surface area contributed by atoms with Crippen molar-refractivity contribution in [2.45, 2.75) is 20.4 Å². The Morgan fingerprint density at radius 2 is 1.94 bits per heavy atom. The van der Waals surface area contributed by atoms with Crippen LogP contribution in [0, 0.1) is 6.92 Å². The number of nitrogens with one attached hydrogen (secondary N) is 2. The molecule has 7 nitrogen and oxygen atoms in total. The molecule has 162 valence electrons. The predicted octanol–water partition coefficient (Wildman–Crippen LogP) is 4.97. The van der Waals surface area contributed by atoms with Crippen LogP contribution in [-0.4, -0.2) is 23.1 Å². The molecule has 3 aromatic carbocycles. The molecule has 8 heteroatoms. The molecule has 0 aliphatic carbocycles. The number of hydrazine groups is 1. The van der Waals surface area contributed by atoms with Gasteiger partial charge in [0.1, 0.15) is 5.69 Å². The highest BCUT2D eigenvalue weighted by Crippen LogP contribution is 2.46. The van der Waals surface area contributed by atoms with Crippen LogP contribution in [-0.2, 0) is 11.3 Å². The Morgan fingerprint density at radius 1 is 1.16 bits per heavy atom. The molecule has 1 aliphatic rings. The number of carbonyl (C=O) groups excluding carboxylic acids is 1. The van der Waals surface area contributed by atoms with E-state index in [0.717, 1.165) is 43.1 Å². The molecule has 4 N–H and O–H groups in total. The molecule has 0 saturated carbocycles. The Bertz CT molecular complexity index is 1410. The van der Waals surface area contributed by atoms with E-state index in [9.17, 15) is 4.79 Å². The third-order valence-corrected chi connectivity index (χ3v) is 6.21. The number of nitrogens with two attached hydrogens (primary N) is 1. The number of guanidine groups is 1. The Labute approximate surface area is 193 Å². The average molecular weight is 492 g/mol.